The molecule has 1 unspecified atom stereocenters. The Morgan fingerprint density at radius 2 is 1.50 bits per heavy atom. The lowest BCUT2D eigenvalue weighted by atomic mass is 9.86. The maximum Gasteiger partial charge on any atom is 0.438 e. The second-order valence-electron chi connectivity index (χ2n) is 3.60. The number of methoxy groups -OCH3 is 1. The lowest BCUT2D eigenvalue weighted by Crippen LogP contribution is -2.65. The van der Waals surface area contributed by atoms with Crippen molar-refractivity contribution in [3.8, 4) is 0 Å². The van der Waals surface area contributed by atoms with Crippen molar-refractivity contribution in [3.63, 3.8) is 0 Å². The molecule has 0 aromatic rings. The van der Waals surface area contributed by atoms with Gasteiger partial charge in [-0.2, -0.15) is 26.3 Å². The van der Waals surface area contributed by atoms with Gasteiger partial charge in [0.2, 0.25) is 0 Å². The zero-order chi connectivity index (χ0) is 16.4. The van der Waals surface area contributed by atoms with Crippen molar-refractivity contribution in [2.45, 2.75) is 24.9 Å². The van der Waals surface area contributed by atoms with Crippen molar-refractivity contribution in [3.05, 3.63) is 12.7 Å². The monoisotopic (exact) mass is 308 g/mol. The van der Waals surface area contributed by atoms with Crippen molar-refractivity contribution in [2.75, 3.05) is 7.11 Å². The first-order valence-corrected chi connectivity index (χ1v) is 4.91. The van der Waals surface area contributed by atoms with Crippen molar-refractivity contribution < 1.29 is 45.4 Å². The van der Waals surface area contributed by atoms with E-state index in [1.807, 2.05) is 0 Å². The molecule has 0 heterocycles. The van der Waals surface area contributed by atoms with Crippen molar-refractivity contribution in [2.24, 2.45) is 5.92 Å². The third kappa shape index (κ3) is 3.05. The number of halogens is 6. The summed E-state index contributed by atoms with van der Waals surface area (Å²) in [7, 11) is 0.603. The van der Waals surface area contributed by atoms with Crippen LogP contribution in [0.15, 0.2) is 12.7 Å². The Morgan fingerprint density at radius 1 is 1.10 bits per heavy atom. The summed E-state index contributed by atoms with van der Waals surface area (Å²) in [6.07, 6.45) is -12.1. The molecule has 0 saturated carbocycles. The third-order valence-electron chi connectivity index (χ3n) is 2.44. The molecule has 0 aliphatic rings. The predicted molar refractivity (Wildman–Crippen MR) is 52.3 cm³/mol. The highest BCUT2D eigenvalue weighted by atomic mass is 19.4. The second kappa shape index (κ2) is 5.71. The largest absolute Gasteiger partial charge is 0.469 e. The Kier molecular flexibility index (Phi) is 5.22. The van der Waals surface area contributed by atoms with E-state index in [9.17, 15) is 35.9 Å². The SMILES string of the molecule is C=CC(=O)OC(C(C)C(=O)OC)(C(F)(F)F)C(F)(F)F. The summed E-state index contributed by atoms with van der Waals surface area (Å²) in [5.41, 5.74) is -5.02. The molecular formula is C10H10F6O4. The minimum absolute atomic E-state index is 0.121. The van der Waals surface area contributed by atoms with Gasteiger partial charge in [0.25, 0.3) is 0 Å². The Hall–Kier alpha value is -1.74. The first-order chi connectivity index (χ1) is 8.85. The van der Waals surface area contributed by atoms with Crippen LogP contribution in [0.2, 0.25) is 0 Å². The van der Waals surface area contributed by atoms with E-state index in [1.165, 1.54) is 0 Å². The minimum Gasteiger partial charge on any atom is -0.469 e. The molecular weight excluding hydrogens is 298 g/mol. The molecule has 0 radical (unpaired) electrons. The molecule has 0 aromatic heterocycles. The molecule has 20 heavy (non-hydrogen) atoms. The van der Waals surface area contributed by atoms with Crippen LogP contribution in [0, 0.1) is 5.92 Å². The fourth-order valence-electron chi connectivity index (χ4n) is 1.40. The standard InChI is InChI=1S/C10H10F6O4/c1-4-6(17)20-8(9(11,12)13,10(14,15)16)5(2)7(18)19-3/h4-5H,1H2,2-3H3. The van der Waals surface area contributed by atoms with Crippen LogP contribution in [-0.2, 0) is 19.1 Å². The van der Waals surface area contributed by atoms with E-state index in [-0.39, 0.29) is 6.08 Å². The highest BCUT2D eigenvalue weighted by molar-refractivity contribution is 5.83. The predicted octanol–water partition coefficient (Wildman–Crippen LogP) is 2.39. The number of ether oxygens (including phenoxy) is 2. The zero-order valence-corrected chi connectivity index (χ0v) is 10.3. The molecule has 0 spiro atoms. The van der Waals surface area contributed by atoms with E-state index in [2.05, 4.69) is 16.1 Å². The molecule has 10 heteroatoms. The van der Waals surface area contributed by atoms with Crippen molar-refractivity contribution in [1.82, 2.24) is 0 Å². The van der Waals surface area contributed by atoms with Gasteiger partial charge in [-0.15, -0.1) is 0 Å². The molecule has 0 amide bonds. The van der Waals surface area contributed by atoms with Crippen molar-refractivity contribution in [1.29, 1.82) is 0 Å². The molecule has 0 rings (SSSR count). The van der Waals surface area contributed by atoms with Gasteiger partial charge in [-0.1, -0.05) is 6.58 Å². The summed E-state index contributed by atoms with van der Waals surface area (Å²) in [5.74, 6) is -6.66. The molecule has 4 nitrogen and oxygen atoms in total. The number of hydrogen-bond acceptors (Lipinski definition) is 4. The van der Waals surface area contributed by atoms with E-state index < -0.39 is 35.8 Å². The zero-order valence-electron chi connectivity index (χ0n) is 10.3. The van der Waals surface area contributed by atoms with Gasteiger partial charge in [0, 0.05) is 6.08 Å². The van der Waals surface area contributed by atoms with Crippen LogP contribution < -0.4 is 0 Å². The quantitative estimate of drug-likeness (QED) is 0.454. The summed E-state index contributed by atoms with van der Waals surface area (Å²) < 4.78 is 84.6. The summed E-state index contributed by atoms with van der Waals surface area (Å²) in [6, 6.07) is 0. The molecule has 0 aromatic carbocycles. The van der Waals surface area contributed by atoms with E-state index in [1.54, 1.807) is 0 Å². The van der Waals surface area contributed by atoms with Gasteiger partial charge < -0.3 is 9.47 Å². The first-order valence-electron chi connectivity index (χ1n) is 4.91. The smallest absolute Gasteiger partial charge is 0.438 e. The van der Waals surface area contributed by atoms with Crippen LogP contribution in [0.25, 0.3) is 0 Å². The fourth-order valence-corrected chi connectivity index (χ4v) is 1.40. The summed E-state index contributed by atoms with van der Waals surface area (Å²) >= 11 is 0. The lowest BCUT2D eigenvalue weighted by Gasteiger charge is -2.39. The molecule has 116 valence electrons. The number of rotatable bonds is 4. The number of carbonyl (C=O) groups excluding carboxylic acids is 2. The average molecular weight is 308 g/mol. The van der Waals surface area contributed by atoms with Crippen LogP contribution in [0.1, 0.15) is 6.92 Å². The van der Waals surface area contributed by atoms with Crippen molar-refractivity contribution >= 4 is 11.9 Å². The van der Waals surface area contributed by atoms with E-state index >= 15 is 0 Å². The summed E-state index contributed by atoms with van der Waals surface area (Å²) in [6.45, 7) is 3.00. The molecule has 1 atom stereocenters. The maximum atomic E-state index is 12.9. The van der Waals surface area contributed by atoms with Crippen LogP contribution in [-0.4, -0.2) is 37.0 Å². The summed E-state index contributed by atoms with van der Waals surface area (Å²) in [4.78, 5) is 21.9. The molecule has 0 N–H and O–H groups in total. The average Bonchev–Trinajstić information content (AvgIpc) is 2.30. The Morgan fingerprint density at radius 3 is 1.75 bits per heavy atom. The van der Waals surface area contributed by atoms with E-state index in [4.69, 9.17) is 0 Å². The maximum absolute atomic E-state index is 12.9. The Labute approximate surface area is 109 Å². The van der Waals surface area contributed by atoms with Crippen LogP contribution in [0.4, 0.5) is 26.3 Å². The van der Waals surface area contributed by atoms with E-state index in [0.717, 1.165) is 0 Å². The van der Waals surface area contributed by atoms with Gasteiger partial charge in [-0.3, -0.25) is 4.79 Å². The van der Waals surface area contributed by atoms with Gasteiger partial charge >= 0.3 is 29.9 Å². The number of hydrogen-bond donors (Lipinski definition) is 0. The fraction of sp³-hybridized carbons (Fsp3) is 0.600. The van der Waals surface area contributed by atoms with Gasteiger partial charge in [0.1, 0.15) is 5.92 Å². The first kappa shape index (κ1) is 18.3. The Bertz CT molecular complexity index is 384. The van der Waals surface area contributed by atoms with Crippen LogP contribution in [0.5, 0.6) is 0 Å². The highest BCUT2D eigenvalue weighted by Gasteiger charge is 2.78. The van der Waals surface area contributed by atoms with E-state index in [0.29, 0.717) is 14.0 Å². The topological polar surface area (TPSA) is 52.6 Å². The Balaban J connectivity index is 6.15. The number of esters is 2. The molecule has 0 aliphatic heterocycles. The molecule has 0 aliphatic carbocycles. The van der Waals surface area contributed by atoms with Gasteiger partial charge in [-0.25, -0.2) is 4.79 Å². The lowest BCUT2D eigenvalue weighted by molar-refractivity contribution is -0.380. The highest BCUT2D eigenvalue weighted by Crippen LogP contribution is 2.50. The molecule has 0 fully saturated rings. The second-order valence-corrected chi connectivity index (χ2v) is 3.60. The van der Waals surface area contributed by atoms with Crippen LogP contribution in [0.3, 0.4) is 0 Å². The third-order valence-corrected chi connectivity index (χ3v) is 2.44. The minimum atomic E-state index is -6.09. The van der Waals surface area contributed by atoms with Gasteiger partial charge in [0.15, 0.2) is 0 Å². The molecule has 0 saturated heterocycles. The van der Waals surface area contributed by atoms with Gasteiger partial charge in [-0.05, 0) is 6.92 Å². The van der Waals surface area contributed by atoms with Gasteiger partial charge in [0.05, 0.1) is 7.11 Å². The number of carbonyl (C=O) groups is 2. The number of alkyl halides is 6. The van der Waals surface area contributed by atoms with Crippen LogP contribution >= 0.6 is 0 Å². The molecule has 0 bridgehead atoms. The summed E-state index contributed by atoms with van der Waals surface area (Å²) in [5, 5.41) is 0. The normalized spacial score (nSPS) is 14.4.